The second-order valence-electron chi connectivity index (χ2n) is 5.99. The van der Waals surface area contributed by atoms with Crippen molar-refractivity contribution in [2.75, 3.05) is 6.61 Å². The Kier molecular flexibility index (Phi) is 4.04. The van der Waals surface area contributed by atoms with Gasteiger partial charge < -0.3 is 14.2 Å². The van der Waals surface area contributed by atoms with Crippen LogP contribution >= 0.6 is 0 Å². The number of benzene rings is 1. The van der Waals surface area contributed by atoms with Gasteiger partial charge in [-0.2, -0.15) is 0 Å². The number of carbonyl (C=O) groups is 1. The van der Waals surface area contributed by atoms with Gasteiger partial charge in [0.05, 0.1) is 5.69 Å². The van der Waals surface area contributed by atoms with Crippen LogP contribution < -0.4 is 15.0 Å². The number of hydrogen-bond acceptors (Lipinski definition) is 6. The van der Waals surface area contributed by atoms with Gasteiger partial charge >= 0.3 is 5.97 Å². The fourth-order valence-electron chi connectivity index (χ4n) is 2.71. The van der Waals surface area contributed by atoms with Crippen LogP contribution in [0, 0.1) is 6.92 Å². The van der Waals surface area contributed by atoms with Crippen molar-refractivity contribution in [2.24, 2.45) is 0 Å². The number of carbonyl (C=O) groups excluding carboxylic acids is 1. The molecule has 1 aliphatic heterocycles. The van der Waals surface area contributed by atoms with E-state index in [-0.39, 0.29) is 18.8 Å². The summed E-state index contributed by atoms with van der Waals surface area (Å²) in [6, 6.07) is 12.1. The third kappa shape index (κ3) is 3.11. The summed E-state index contributed by atoms with van der Waals surface area (Å²) in [5.74, 6) is 0.527. The van der Waals surface area contributed by atoms with Crippen LogP contribution in [0.5, 0.6) is 11.5 Å². The highest BCUT2D eigenvalue weighted by Gasteiger charge is 2.28. The zero-order chi connectivity index (χ0) is 18.1. The summed E-state index contributed by atoms with van der Waals surface area (Å²) in [4.78, 5) is 28.8. The monoisotopic (exact) mass is 352 g/mol. The van der Waals surface area contributed by atoms with Crippen molar-refractivity contribution in [2.45, 2.75) is 19.6 Å². The van der Waals surface area contributed by atoms with E-state index >= 15 is 0 Å². The van der Waals surface area contributed by atoms with Crippen LogP contribution in [-0.4, -0.2) is 28.1 Å². The lowest BCUT2D eigenvalue weighted by Gasteiger charge is -2.24. The summed E-state index contributed by atoms with van der Waals surface area (Å²) in [6.07, 6.45) is 0.861. The molecule has 3 heterocycles. The Morgan fingerprint density at radius 1 is 1.27 bits per heavy atom. The standard InChI is InChI=1S/C19H16N2O5/c1-12-6-7-17-20-13(8-18(22)21(17)9-12)10-25-19(23)16-11-24-14-4-2-3-5-15(14)26-16/h2-9,16H,10-11H2,1H3/t16-/m0/s1. The Hall–Kier alpha value is -3.35. The van der Waals surface area contributed by atoms with Crippen LogP contribution in [0.2, 0.25) is 0 Å². The van der Waals surface area contributed by atoms with Crippen molar-refractivity contribution < 1.29 is 19.0 Å². The minimum Gasteiger partial charge on any atom is -0.485 e. The number of fused-ring (bicyclic) bond motifs is 2. The largest absolute Gasteiger partial charge is 0.485 e. The first-order valence-corrected chi connectivity index (χ1v) is 8.14. The van der Waals surface area contributed by atoms with Crippen LogP contribution in [0.3, 0.4) is 0 Å². The highest BCUT2D eigenvalue weighted by atomic mass is 16.6. The molecule has 0 amide bonds. The molecule has 1 aliphatic rings. The van der Waals surface area contributed by atoms with Gasteiger partial charge in [0.2, 0.25) is 6.10 Å². The van der Waals surface area contributed by atoms with E-state index < -0.39 is 12.1 Å². The van der Waals surface area contributed by atoms with E-state index in [9.17, 15) is 9.59 Å². The molecule has 1 aromatic carbocycles. The number of rotatable bonds is 3. The van der Waals surface area contributed by atoms with Crippen molar-refractivity contribution in [3.8, 4) is 11.5 Å². The summed E-state index contributed by atoms with van der Waals surface area (Å²) in [6.45, 7) is 1.86. The summed E-state index contributed by atoms with van der Waals surface area (Å²) in [5, 5.41) is 0. The molecule has 0 spiro atoms. The molecule has 2 aromatic heterocycles. The van der Waals surface area contributed by atoms with Crippen molar-refractivity contribution in [3.05, 3.63) is 70.3 Å². The van der Waals surface area contributed by atoms with Crippen LogP contribution in [-0.2, 0) is 16.1 Å². The SMILES string of the molecule is Cc1ccc2nc(COC(=O)[C@@H]3COc4ccccc4O3)cc(=O)n2c1. The molecular formula is C19H16N2O5. The molecule has 0 fully saturated rings. The summed E-state index contributed by atoms with van der Waals surface area (Å²) in [7, 11) is 0. The van der Waals surface area contributed by atoms with Gasteiger partial charge in [0.15, 0.2) is 11.5 Å². The van der Waals surface area contributed by atoms with Gasteiger partial charge in [0.25, 0.3) is 5.56 Å². The number of para-hydroxylation sites is 2. The average Bonchev–Trinajstić information content (AvgIpc) is 2.66. The molecule has 4 rings (SSSR count). The number of aryl methyl sites for hydroxylation is 1. The maximum Gasteiger partial charge on any atom is 0.351 e. The van der Waals surface area contributed by atoms with Crippen molar-refractivity contribution in [1.82, 2.24) is 9.38 Å². The topological polar surface area (TPSA) is 79.1 Å². The molecule has 0 N–H and O–H groups in total. The fourth-order valence-corrected chi connectivity index (χ4v) is 2.71. The van der Waals surface area contributed by atoms with Crippen molar-refractivity contribution in [1.29, 1.82) is 0 Å². The Morgan fingerprint density at radius 3 is 2.92 bits per heavy atom. The molecule has 7 heteroatoms. The average molecular weight is 352 g/mol. The molecule has 1 atom stereocenters. The molecule has 0 radical (unpaired) electrons. The number of nitrogens with zero attached hydrogens (tertiary/aromatic N) is 2. The predicted octanol–water partition coefficient (Wildman–Crippen LogP) is 1.89. The molecular weight excluding hydrogens is 336 g/mol. The number of esters is 1. The second kappa shape index (κ2) is 6.51. The van der Waals surface area contributed by atoms with Crippen LogP contribution in [0.25, 0.3) is 5.65 Å². The third-order valence-electron chi connectivity index (χ3n) is 3.99. The lowest BCUT2D eigenvalue weighted by molar-refractivity contribution is -0.156. The van der Waals surface area contributed by atoms with E-state index in [2.05, 4.69) is 4.98 Å². The molecule has 0 saturated heterocycles. The highest BCUT2D eigenvalue weighted by molar-refractivity contribution is 5.76. The molecule has 0 bridgehead atoms. The van der Waals surface area contributed by atoms with Crippen molar-refractivity contribution in [3.63, 3.8) is 0 Å². The van der Waals surface area contributed by atoms with E-state index in [1.807, 2.05) is 19.1 Å². The van der Waals surface area contributed by atoms with Crippen molar-refractivity contribution >= 4 is 11.6 Å². The minimum atomic E-state index is -0.853. The Morgan fingerprint density at radius 2 is 2.08 bits per heavy atom. The molecule has 3 aromatic rings. The Labute approximate surface area is 148 Å². The number of ether oxygens (including phenoxy) is 3. The van der Waals surface area contributed by atoms with E-state index in [1.165, 1.54) is 10.5 Å². The summed E-state index contributed by atoms with van der Waals surface area (Å²) >= 11 is 0. The van der Waals surface area contributed by atoms with Crippen LogP contribution in [0.1, 0.15) is 11.3 Å². The van der Waals surface area contributed by atoms with Crippen LogP contribution in [0.4, 0.5) is 0 Å². The minimum absolute atomic E-state index is 0.0724. The quantitative estimate of drug-likeness (QED) is 0.670. The van der Waals surface area contributed by atoms with Gasteiger partial charge in [0.1, 0.15) is 18.9 Å². The lowest BCUT2D eigenvalue weighted by atomic mass is 10.2. The molecule has 0 unspecified atom stereocenters. The first kappa shape index (κ1) is 16.1. The normalized spacial score (nSPS) is 15.7. The molecule has 7 nitrogen and oxygen atoms in total. The smallest absolute Gasteiger partial charge is 0.351 e. The maximum atomic E-state index is 12.2. The predicted molar refractivity (Wildman–Crippen MR) is 92.3 cm³/mol. The maximum absolute atomic E-state index is 12.2. The van der Waals surface area contributed by atoms with Crippen LogP contribution in [0.15, 0.2) is 53.5 Å². The Balaban J connectivity index is 1.46. The lowest BCUT2D eigenvalue weighted by Crippen LogP contribution is -2.37. The number of hydrogen-bond donors (Lipinski definition) is 0. The van der Waals surface area contributed by atoms with Gasteiger partial charge in [-0.25, -0.2) is 9.78 Å². The number of pyridine rings is 1. The Bertz CT molecular complexity index is 1040. The van der Waals surface area contributed by atoms with Gasteiger partial charge in [-0.3, -0.25) is 9.20 Å². The van der Waals surface area contributed by atoms with E-state index in [0.717, 1.165) is 5.56 Å². The zero-order valence-corrected chi connectivity index (χ0v) is 14.0. The number of aromatic nitrogens is 2. The fraction of sp³-hybridized carbons (Fsp3) is 0.211. The summed E-state index contributed by atoms with van der Waals surface area (Å²) in [5.41, 5.74) is 1.61. The molecule has 26 heavy (non-hydrogen) atoms. The molecule has 132 valence electrons. The first-order chi connectivity index (χ1) is 12.6. The second-order valence-corrected chi connectivity index (χ2v) is 5.99. The molecule has 0 saturated carbocycles. The third-order valence-corrected chi connectivity index (χ3v) is 3.99. The molecule has 0 aliphatic carbocycles. The van der Waals surface area contributed by atoms with E-state index in [0.29, 0.717) is 22.8 Å². The van der Waals surface area contributed by atoms with Gasteiger partial charge in [-0.1, -0.05) is 18.2 Å². The van der Waals surface area contributed by atoms with Gasteiger partial charge in [-0.15, -0.1) is 0 Å². The summed E-state index contributed by atoms with van der Waals surface area (Å²) < 4.78 is 17.8. The first-order valence-electron chi connectivity index (χ1n) is 8.14. The van der Waals surface area contributed by atoms with E-state index in [1.54, 1.807) is 30.5 Å². The van der Waals surface area contributed by atoms with Gasteiger partial charge in [0, 0.05) is 12.3 Å². The van der Waals surface area contributed by atoms with Gasteiger partial charge in [-0.05, 0) is 30.7 Å². The zero-order valence-electron chi connectivity index (χ0n) is 14.0. The highest BCUT2D eigenvalue weighted by Crippen LogP contribution is 2.31. The van der Waals surface area contributed by atoms with E-state index in [4.69, 9.17) is 14.2 Å².